The third-order valence-electron chi connectivity index (χ3n) is 1.79. The van der Waals surface area contributed by atoms with Gasteiger partial charge in [-0.05, 0) is 0 Å². The number of hydrogen-bond donors (Lipinski definition) is 4. The minimum atomic E-state index is -1.12. The predicted octanol–water partition coefficient (Wildman–Crippen LogP) is -1.82. The first-order valence-electron chi connectivity index (χ1n) is 3.43. The molecule has 0 amide bonds. The van der Waals surface area contributed by atoms with Crippen LogP contribution in [0.3, 0.4) is 0 Å². The Morgan fingerprint density at radius 3 is 2.36 bits per heavy atom. The maximum atomic E-state index is 9.22. The van der Waals surface area contributed by atoms with Crippen molar-refractivity contribution in [1.82, 2.24) is 0 Å². The smallest absolute Gasteiger partial charge is 0.108 e. The summed E-state index contributed by atoms with van der Waals surface area (Å²) in [5.41, 5.74) is 0. The van der Waals surface area contributed by atoms with Crippen LogP contribution in [0.15, 0.2) is 0 Å². The molecule has 11 heavy (non-hydrogen) atoms. The Bertz CT molecular complexity index is 130. The molecule has 0 spiro atoms. The lowest BCUT2D eigenvalue weighted by Gasteiger charge is -2.33. The van der Waals surface area contributed by atoms with Gasteiger partial charge in [0.1, 0.15) is 6.10 Å². The highest BCUT2D eigenvalue weighted by molar-refractivity contribution is 8.00. The van der Waals surface area contributed by atoms with E-state index in [4.69, 9.17) is 15.3 Å². The van der Waals surface area contributed by atoms with Crippen LogP contribution in [0.25, 0.3) is 0 Å². The molecule has 0 radical (unpaired) electrons. The van der Waals surface area contributed by atoms with Crippen LogP contribution in [0.5, 0.6) is 0 Å². The fourth-order valence-electron chi connectivity index (χ4n) is 1.03. The summed E-state index contributed by atoms with van der Waals surface area (Å²) < 4.78 is 0. The molecule has 4 N–H and O–H groups in total. The van der Waals surface area contributed by atoms with Gasteiger partial charge in [0, 0.05) is 5.75 Å². The maximum Gasteiger partial charge on any atom is 0.108 e. The fraction of sp³-hybridized carbons (Fsp3) is 1.00. The topological polar surface area (TPSA) is 80.9 Å². The van der Waals surface area contributed by atoms with Gasteiger partial charge in [0.05, 0.1) is 24.1 Å². The lowest BCUT2D eigenvalue weighted by molar-refractivity contribution is -0.0595. The Labute approximate surface area is 68.9 Å². The highest BCUT2D eigenvalue weighted by Gasteiger charge is 2.36. The predicted molar refractivity (Wildman–Crippen MR) is 41.4 cm³/mol. The van der Waals surface area contributed by atoms with E-state index in [-0.39, 0.29) is 11.9 Å². The van der Waals surface area contributed by atoms with Crippen molar-refractivity contribution in [2.75, 3.05) is 12.4 Å². The van der Waals surface area contributed by atoms with E-state index in [1.54, 1.807) is 0 Å². The number of thioether (sulfide) groups is 1. The third kappa shape index (κ3) is 1.86. The van der Waals surface area contributed by atoms with Crippen molar-refractivity contribution in [2.24, 2.45) is 0 Å². The first-order chi connectivity index (χ1) is 5.16. The number of aliphatic hydroxyl groups is 4. The Hall–Kier alpha value is 0.190. The quantitative estimate of drug-likeness (QED) is 0.382. The number of aliphatic hydroxyl groups excluding tert-OH is 4. The van der Waals surface area contributed by atoms with Gasteiger partial charge < -0.3 is 20.4 Å². The van der Waals surface area contributed by atoms with Gasteiger partial charge in [-0.25, -0.2) is 0 Å². The second kappa shape index (κ2) is 3.73. The molecule has 1 saturated heterocycles. The SMILES string of the molecule is OC[C@H]1SC[C@H](O)[C@@H](O)[C@@H]1O. The van der Waals surface area contributed by atoms with Gasteiger partial charge >= 0.3 is 0 Å². The average molecular weight is 180 g/mol. The van der Waals surface area contributed by atoms with Crippen molar-refractivity contribution in [3.8, 4) is 0 Å². The second-order valence-electron chi connectivity index (χ2n) is 2.60. The zero-order valence-electron chi connectivity index (χ0n) is 5.92. The van der Waals surface area contributed by atoms with Crippen LogP contribution in [0.1, 0.15) is 0 Å². The van der Waals surface area contributed by atoms with Crippen molar-refractivity contribution in [3.05, 3.63) is 0 Å². The van der Waals surface area contributed by atoms with Crippen molar-refractivity contribution >= 4 is 11.8 Å². The lowest BCUT2D eigenvalue weighted by atomic mass is 10.1. The molecule has 0 unspecified atom stereocenters. The highest BCUT2D eigenvalue weighted by Crippen LogP contribution is 2.25. The molecule has 4 nitrogen and oxygen atoms in total. The molecule has 0 aromatic heterocycles. The summed E-state index contributed by atoms with van der Waals surface area (Å²) in [6.07, 6.45) is -3.01. The third-order valence-corrected chi connectivity index (χ3v) is 3.18. The molecule has 0 aromatic carbocycles. The van der Waals surface area contributed by atoms with E-state index in [1.807, 2.05) is 0 Å². The van der Waals surface area contributed by atoms with Crippen LogP contribution in [-0.2, 0) is 0 Å². The van der Waals surface area contributed by atoms with Crippen LogP contribution < -0.4 is 0 Å². The van der Waals surface area contributed by atoms with Gasteiger partial charge in [-0.2, -0.15) is 11.8 Å². The van der Waals surface area contributed by atoms with Gasteiger partial charge in [-0.3, -0.25) is 0 Å². The molecule has 4 atom stereocenters. The molecule has 66 valence electrons. The van der Waals surface area contributed by atoms with Gasteiger partial charge in [0.15, 0.2) is 0 Å². The van der Waals surface area contributed by atoms with Gasteiger partial charge in [-0.15, -0.1) is 0 Å². The van der Waals surface area contributed by atoms with Crippen molar-refractivity contribution < 1.29 is 20.4 Å². The average Bonchev–Trinajstić information content (AvgIpc) is 2.01. The molecule has 5 heteroatoms. The molecular weight excluding hydrogens is 168 g/mol. The highest BCUT2D eigenvalue weighted by atomic mass is 32.2. The van der Waals surface area contributed by atoms with Crippen LogP contribution in [0.4, 0.5) is 0 Å². The Balaban J connectivity index is 2.52. The Kier molecular flexibility index (Phi) is 3.15. The molecule has 0 saturated carbocycles. The molecule has 1 fully saturated rings. The van der Waals surface area contributed by atoms with Gasteiger partial charge in [0.2, 0.25) is 0 Å². The van der Waals surface area contributed by atoms with Gasteiger partial charge in [-0.1, -0.05) is 0 Å². The Morgan fingerprint density at radius 1 is 1.18 bits per heavy atom. The number of rotatable bonds is 1. The van der Waals surface area contributed by atoms with E-state index in [0.29, 0.717) is 5.75 Å². The van der Waals surface area contributed by atoms with Crippen molar-refractivity contribution in [2.45, 2.75) is 23.6 Å². The van der Waals surface area contributed by atoms with E-state index in [0.717, 1.165) is 0 Å². The summed E-state index contributed by atoms with van der Waals surface area (Å²) in [4.78, 5) is 0. The molecule has 1 aliphatic rings. The van der Waals surface area contributed by atoms with E-state index < -0.39 is 18.3 Å². The van der Waals surface area contributed by atoms with Crippen LogP contribution in [0, 0.1) is 0 Å². The first-order valence-corrected chi connectivity index (χ1v) is 4.48. The summed E-state index contributed by atoms with van der Waals surface area (Å²) in [5.74, 6) is 0.365. The van der Waals surface area contributed by atoms with Crippen LogP contribution >= 0.6 is 11.8 Å². The minimum absolute atomic E-state index is 0.171. The first kappa shape index (κ1) is 9.28. The van der Waals surface area contributed by atoms with E-state index in [2.05, 4.69) is 0 Å². The van der Waals surface area contributed by atoms with Crippen LogP contribution in [-0.4, -0.2) is 56.3 Å². The standard InChI is InChI=1S/C6H12O4S/c7-1-4-6(10)5(9)3(8)2-11-4/h3-10H,1-2H2/t3-,4+,5+,6+/m0/s1. The lowest BCUT2D eigenvalue weighted by Crippen LogP contribution is -2.49. The zero-order valence-corrected chi connectivity index (χ0v) is 6.74. The molecule has 1 rings (SSSR count). The summed E-state index contributed by atoms with van der Waals surface area (Å²) in [6, 6.07) is 0. The molecule has 0 aromatic rings. The molecule has 1 heterocycles. The van der Waals surface area contributed by atoms with E-state index in [1.165, 1.54) is 11.8 Å². The van der Waals surface area contributed by atoms with E-state index in [9.17, 15) is 5.11 Å². The maximum absolute atomic E-state index is 9.22. The molecule has 0 aliphatic carbocycles. The minimum Gasteiger partial charge on any atom is -0.395 e. The van der Waals surface area contributed by atoms with Gasteiger partial charge in [0.25, 0.3) is 0 Å². The largest absolute Gasteiger partial charge is 0.395 e. The zero-order chi connectivity index (χ0) is 8.43. The normalized spacial score (nSPS) is 45.8. The fourth-order valence-corrected chi connectivity index (χ4v) is 2.13. The van der Waals surface area contributed by atoms with E-state index >= 15 is 0 Å². The van der Waals surface area contributed by atoms with Crippen molar-refractivity contribution in [1.29, 1.82) is 0 Å². The van der Waals surface area contributed by atoms with Crippen LogP contribution in [0.2, 0.25) is 0 Å². The molecule has 0 bridgehead atoms. The van der Waals surface area contributed by atoms with Crippen molar-refractivity contribution in [3.63, 3.8) is 0 Å². The summed E-state index contributed by atoms with van der Waals surface area (Å²) in [7, 11) is 0. The molecular formula is C6H12O4S. The summed E-state index contributed by atoms with van der Waals surface area (Å²) >= 11 is 1.27. The number of hydrogen-bond acceptors (Lipinski definition) is 5. The summed E-state index contributed by atoms with van der Waals surface area (Å²) in [5, 5.41) is 35.7. The second-order valence-corrected chi connectivity index (χ2v) is 3.88. The molecule has 1 aliphatic heterocycles. The summed E-state index contributed by atoms with van der Waals surface area (Å²) in [6.45, 7) is -0.171. The Morgan fingerprint density at radius 2 is 1.82 bits per heavy atom. The monoisotopic (exact) mass is 180 g/mol.